The van der Waals surface area contributed by atoms with Crippen LogP contribution in [0.5, 0.6) is 0 Å². The number of nitrogens with zero attached hydrogens (tertiary/aromatic N) is 2. The number of nitrogens with one attached hydrogen (secondary N) is 2. The van der Waals surface area contributed by atoms with Crippen molar-refractivity contribution >= 4 is 16.7 Å². The average Bonchev–Trinajstić information content (AvgIpc) is 2.90. The second-order valence-corrected chi connectivity index (χ2v) is 4.43. The van der Waals surface area contributed by atoms with Crippen LogP contribution in [0, 0.1) is 5.92 Å². The van der Waals surface area contributed by atoms with Gasteiger partial charge in [-0.1, -0.05) is 0 Å². The second-order valence-electron chi connectivity index (χ2n) is 4.43. The Balaban J connectivity index is 1.80. The van der Waals surface area contributed by atoms with Gasteiger partial charge in [0, 0.05) is 19.1 Å². The summed E-state index contributed by atoms with van der Waals surface area (Å²) < 4.78 is 5.31. The fourth-order valence-corrected chi connectivity index (χ4v) is 2.06. The maximum absolute atomic E-state index is 11.6. The van der Waals surface area contributed by atoms with Gasteiger partial charge in [-0.2, -0.15) is 0 Å². The molecule has 3 rings (SSSR count). The third kappa shape index (κ3) is 2.19. The van der Waals surface area contributed by atoms with Crippen LogP contribution in [0.2, 0.25) is 0 Å². The number of fused-ring (bicyclic) bond motifs is 1. The van der Waals surface area contributed by atoms with Crippen LogP contribution in [-0.4, -0.2) is 34.7 Å². The smallest absolute Gasteiger partial charge is 0.258 e. The van der Waals surface area contributed by atoms with E-state index in [2.05, 4.69) is 20.3 Å². The summed E-state index contributed by atoms with van der Waals surface area (Å²) >= 11 is 0. The lowest BCUT2D eigenvalue weighted by atomic mass is 10.1. The molecule has 0 spiro atoms. The number of hydrogen-bond donors (Lipinski definition) is 2. The zero-order valence-electron chi connectivity index (χ0n) is 9.85. The molecule has 0 amide bonds. The van der Waals surface area contributed by atoms with E-state index in [0.717, 1.165) is 26.2 Å². The van der Waals surface area contributed by atoms with Crippen LogP contribution in [0.3, 0.4) is 0 Å². The van der Waals surface area contributed by atoms with Crippen LogP contribution < -0.4 is 10.9 Å². The predicted octanol–water partition coefficient (Wildman–Crippen LogP) is 0.766. The fourth-order valence-electron chi connectivity index (χ4n) is 2.06. The Morgan fingerprint density at radius 3 is 3.28 bits per heavy atom. The lowest BCUT2D eigenvalue weighted by molar-refractivity contribution is 0.187. The van der Waals surface area contributed by atoms with Gasteiger partial charge in [0.1, 0.15) is 5.82 Å². The number of anilines is 1. The third-order valence-corrected chi connectivity index (χ3v) is 3.12. The molecule has 2 aromatic rings. The minimum absolute atomic E-state index is 0.144. The Bertz CT molecular complexity index is 604. The van der Waals surface area contributed by atoms with Gasteiger partial charge in [0.25, 0.3) is 5.56 Å². The molecule has 0 bridgehead atoms. The molecule has 1 aliphatic heterocycles. The maximum Gasteiger partial charge on any atom is 0.258 e. The standard InChI is InChI=1S/C12H14N4O2/c17-12-9-3-11(13-4-8-1-2-18-6-8)14-5-10(9)15-7-16-12/h3,5,7-8H,1-2,4,6H2,(H,13,14)(H,15,16,17). The minimum Gasteiger partial charge on any atom is -0.381 e. The Morgan fingerprint density at radius 2 is 2.44 bits per heavy atom. The van der Waals surface area contributed by atoms with Gasteiger partial charge in [-0.05, 0) is 12.5 Å². The van der Waals surface area contributed by atoms with Crippen LogP contribution in [0.15, 0.2) is 23.4 Å². The van der Waals surface area contributed by atoms with Crippen molar-refractivity contribution in [3.8, 4) is 0 Å². The summed E-state index contributed by atoms with van der Waals surface area (Å²) in [4.78, 5) is 22.5. The van der Waals surface area contributed by atoms with Gasteiger partial charge in [-0.3, -0.25) is 4.79 Å². The Morgan fingerprint density at radius 1 is 1.50 bits per heavy atom. The van der Waals surface area contributed by atoms with Gasteiger partial charge in [-0.15, -0.1) is 0 Å². The van der Waals surface area contributed by atoms with E-state index in [1.807, 2.05) is 0 Å². The second kappa shape index (κ2) is 4.73. The van der Waals surface area contributed by atoms with E-state index in [-0.39, 0.29) is 5.56 Å². The van der Waals surface area contributed by atoms with Crippen LogP contribution in [-0.2, 0) is 4.74 Å². The predicted molar refractivity (Wildman–Crippen MR) is 67.6 cm³/mol. The first-order valence-corrected chi connectivity index (χ1v) is 5.98. The molecule has 6 heteroatoms. The fraction of sp³-hybridized carbons (Fsp3) is 0.417. The van der Waals surface area contributed by atoms with Gasteiger partial charge >= 0.3 is 0 Å². The summed E-state index contributed by atoms with van der Waals surface area (Å²) in [5.41, 5.74) is 0.461. The molecule has 0 saturated carbocycles. The molecular formula is C12H14N4O2. The van der Waals surface area contributed by atoms with E-state index in [1.165, 1.54) is 6.33 Å². The van der Waals surface area contributed by atoms with E-state index >= 15 is 0 Å². The van der Waals surface area contributed by atoms with E-state index in [9.17, 15) is 4.79 Å². The highest BCUT2D eigenvalue weighted by molar-refractivity contribution is 5.78. The molecule has 1 unspecified atom stereocenters. The van der Waals surface area contributed by atoms with E-state index < -0.39 is 0 Å². The maximum atomic E-state index is 11.6. The van der Waals surface area contributed by atoms with Gasteiger partial charge in [0.2, 0.25) is 0 Å². The SMILES string of the molecule is O=c1[nH]cnc2cnc(NCC3CCOC3)cc12. The zero-order chi connectivity index (χ0) is 12.4. The lowest BCUT2D eigenvalue weighted by Gasteiger charge is -2.09. The number of aromatic nitrogens is 3. The molecule has 0 aliphatic carbocycles. The van der Waals surface area contributed by atoms with E-state index in [0.29, 0.717) is 22.6 Å². The van der Waals surface area contributed by atoms with Crippen molar-refractivity contribution in [2.45, 2.75) is 6.42 Å². The molecule has 94 valence electrons. The zero-order valence-corrected chi connectivity index (χ0v) is 9.85. The first-order chi connectivity index (χ1) is 8.83. The molecule has 2 aromatic heterocycles. The van der Waals surface area contributed by atoms with Gasteiger partial charge in [0.15, 0.2) is 0 Å². The summed E-state index contributed by atoms with van der Waals surface area (Å²) in [6.45, 7) is 2.44. The van der Waals surface area contributed by atoms with Crippen molar-refractivity contribution in [3.63, 3.8) is 0 Å². The van der Waals surface area contributed by atoms with E-state index in [1.54, 1.807) is 12.3 Å². The average molecular weight is 246 g/mol. The molecule has 0 aromatic carbocycles. The van der Waals surface area contributed by atoms with E-state index in [4.69, 9.17) is 4.74 Å². The molecule has 1 atom stereocenters. The highest BCUT2D eigenvalue weighted by Gasteiger charge is 2.15. The van der Waals surface area contributed by atoms with Crippen molar-refractivity contribution in [1.29, 1.82) is 0 Å². The van der Waals surface area contributed by atoms with Gasteiger partial charge < -0.3 is 15.0 Å². The molecule has 1 fully saturated rings. The summed E-state index contributed by atoms with van der Waals surface area (Å²) in [6, 6.07) is 1.73. The number of pyridine rings is 1. The monoisotopic (exact) mass is 246 g/mol. The van der Waals surface area contributed by atoms with Crippen molar-refractivity contribution in [3.05, 3.63) is 28.9 Å². The molecule has 18 heavy (non-hydrogen) atoms. The van der Waals surface area contributed by atoms with Crippen molar-refractivity contribution in [1.82, 2.24) is 15.0 Å². The summed E-state index contributed by atoms with van der Waals surface area (Å²) in [5.74, 6) is 1.22. The minimum atomic E-state index is -0.144. The molecule has 6 nitrogen and oxygen atoms in total. The van der Waals surface area contributed by atoms with Crippen molar-refractivity contribution in [2.75, 3.05) is 25.1 Å². The number of aromatic amines is 1. The Kier molecular flexibility index (Phi) is 2.93. The third-order valence-electron chi connectivity index (χ3n) is 3.12. The normalized spacial score (nSPS) is 19.2. The molecule has 0 radical (unpaired) electrons. The first-order valence-electron chi connectivity index (χ1n) is 5.98. The van der Waals surface area contributed by atoms with Crippen LogP contribution in [0.1, 0.15) is 6.42 Å². The molecular weight excluding hydrogens is 232 g/mol. The van der Waals surface area contributed by atoms with Crippen LogP contribution in [0.4, 0.5) is 5.82 Å². The van der Waals surface area contributed by atoms with Gasteiger partial charge in [0.05, 0.1) is 30.0 Å². The number of rotatable bonds is 3. The summed E-state index contributed by atoms with van der Waals surface area (Å²) in [5, 5.41) is 3.79. The number of H-pyrrole nitrogens is 1. The molecule has 1 saturated heterocycles. The summed E-state index contributed by atoms with van der Waals surface area (Å²) in [7, 11) is 0. The van der Waals surface area contributed by atoms with Crippen molar-refractivity contribution in [2.24, 2.45) is 5.92 Å². The largest absolute Gasteiger partial charge is 0.381 e. The van der Waals surface area contributed by atoms with Gasteiger partial charge in [-0.25, -0.2) is 9.97 Å². The highest BCUT2D eigenvalue weighted by Crippen LogP contribution is 2.14. The number of ether oxygens (including phenoxy) is 1. The summed E-state index contributed by atoms with van der Waals surface area (Å²) in [6.07, 6.45) is 4.07. The number of hydrogen-bond acceptors (Lipinski definition) is 5. The first kappa shape index (κ1) is 11.2. The molecule has 2 N–H and O–H groups in total. The molecule has 3 heterocycles. The Hall–Kier alpha value is -1.95. The van der Waals surface area contributed by atoms with Crippen LogP contribution >= 0.6 is 0 Å². The lowest BCUT2D eigenvalue weighted by Crippen LogP contribution is -2.15. The topological polar surface area (TPSA) is 79.9 Å². The molecule has 1 aliphatic rings. The Labute approximate surface area is 103 Å². The van der Waals surface area contributed by atoms with Crippen molar-refractivity contribution < 1.29 is 4.74 Å². The quantitative estimate of drug-likeness (QED) is 0.836. The highest BCUT2D eigenvalue weighted by atomic mass is 16.5. The van der Waals surface area contributed by atoms with Crippen LogP contribution in [0.25, 0.3) is 10.9 Å².